The van der Waals surface area contributed by atoms with E-state index in [1.54, 1.807) is 7.11 Å². The smallest absolute Gasteiger partial charge is 0.337 e. The molecule has 8 heteroatoms. The number of carbonyl (C=O) groups excluding carboxylic acids is 1. The van der Waals surface area contributed by atoms with E-state index in [2.05, 4.69) is 9.46 Å². The molecule has 2 aromatic carbocycles. The lowest BCUT2D eigenvalue weighted by molar-refractivity contribution is 0.0600. The fraction of sp³-hybridized carbons (Fsp3) is 0.235. The second-order valence-corrected chi connectivity index (χ2v) is 7.36. The number of benzene rings is 2. The molecule has 2 rings (SSSR count). The third kappa shape index (κ3) is 5.02. The predicted molar refractivity (Wildman–Crippen MR) is 94.0 cm³/mol. The molecular formula is C17H18ClNO5S. The minimum Gasteiger partial charge on any atom is -0.465 e. The first-order valence-corrected chi connectivity index (χ1v) is 9.18. The van der Waals surface area contributed by atoms with E-state index >= 15 is 0 Å². The molecule has 0 radical (unpaired) electrons. The van der Waals surface area contributed by atoms with Gasteiger partial charge < -0.3 is 9.47 Å². The van der Waals surface area contributed by atoms with Crippen molar-refractivity contribution in [2.45, 2.75) is 18.0 Å². The summed E-state index contributed by atoms with van der Waals surface area (Å²) >= 11 is 6.02. The largest absolute Gasteiger partial charge is 0.465 e. The molecule has 0 atom stereocenters. The molecule has 0 saturated heterocycles. The Hall–Kier alpha value is -1.93. The minimum absolute atomic E-state index is 0.0523. The van der Waals surface area contributed by atoms with Crippen molar-refractivity contribution >= 4 is 27.6 Å². The summed E-state index contributed by atoms with van der Waals surface area (Å²) in [6.07, 6.45) is 0. The molecule has 25 heavy (non-hydrogen) atoms. The number of nitrogens with one attached hydrogen (secondary N) is 1. The molecule has 0 saturated carbocycles. The van der Waals surface area contributed by atoms with Gasteiger partial charge in [-0.25, -0.2) is 17.9 Å². The first-order chi connectivity index (χ1) is 11.9. The van der Waals surface area contributed by atoms with Crippen LogP contribution in [-0.2, 0) is 32.6 Å². The highest BCUT2D eigenvalue weighted by Gasteiger charge is 2.19. The lowest BCUT2D eigenvalue weighted by Gasteiger charge is -2.10. The fourth-order valence-corrected chi connectivity index (χ4v) is 3.78. The molecule has 0 aliphatic rings. The normalized spacial score (nSPS) is 11.3. The van der Waals surface area contributed by atoms with Gasteiger partial charge in [0.1, 0.15) is 4.90 Å². The first-order valence-electron chi connectivity index (χ1n) is 7.31. The van der Waals surface area contributed by atoms with Gasteiger partial charge in [-0.15, -0.1) is 0 Å². The molecule has 0 aliphatic heterocycles. The maximum Gasteiger partial charge on any atom is 0.337 e. The average molecular weight is 384 g/mol. The van der Waals surface area contributed by atoms with E-state index in [0.717, 1.165) is 11.1 Å². The molecule has 0 heterocycles. The number of esters is 1. The minimum atomic E-state index is -3.83. The molecule has 0 bridgehead atoms. The highest BCUT2D eigenvalue weighted by Crippen LogP contribution is 2.23. The number of halogens is 1. The standard InChI is InChI=1S/C17H18ClNO5S/c1-23-11-13-5-3-4-12(8-13)10-19-25(21,22)16-7-6-14(9-15(16)18)17(20)24-2/h3-9,19H,10-11H2,1-2H3. The second kappa shape index (κ2) is 8.44. The summed E-state index contributed by atoms with van der Waals surface area (Å²) in [7, 11) is -1.000. The Balaban J connectivity index is 2.16. The van der Waals surface area contributed by atoms with Crippen LogP contribution in [0.2, 0.25) is 5.02 Å². The molecule has 6 nitrogen and oxygen atoms in total. The van der Waals surface area contributed by atoms with Crippen molar-refractivity contribution in [3.05, 3.63) is 64.2 Å². The Morgan fingerprint density at radius 1 is 1.12 bits per heavy atom. The van der Waals surface area contributed by atoms with Crippen LogP contribution in [0.4, 0.5) is 0 Å². The van der Waals surface area contributed by atoms with Crippen LogP contribution in [0.25, 0.3) is 0 Å². The van der Waals surface area contributed by atoms with E-state index < -0.39 is 16.0 Å². The van der Waals surface area contributed by atoms with Crippen LogP contribution in [0.15, 0.2) is 47.4 Å². The zero-order valence-corrected chi connectivity index (χ0v) is 15.4. The van der Waals surface area contributed by atoms with Crippen LogP contribution in [0.3, 0.4) is 0 Å². The molecule has 0 amide bonds. The quantitative estimate of drug-likeness (QED) is 0.743. The van der Waals surface area contributed by atoms with Crippen LogP contribution in [0, 0.1) is 0 Å². The number of sulfonamides is 1. The molecule has 0 fully saturated rings. The predicted octanol–water partition coefficient (Wildman–Crippen LogP) is 2.75. The third-order valence-corrected chi connectivity index (χ3v) is 5.30. The van der Waals surface area contributed by atoms with E-state index in [4.69, 9.17) is 16.3 Å². The Morgan fingerprint density at radius 2 is 1.84 bits per heavy atom. The number of rotatable bonds is 7. The van der Waals surface area contributed by atoms with Crippen molar-refractivity contribution in [2.24, 2.45) is 0 Å². The van der Waals surface area contributed by atoms with E-state index in [1.807, 2.05) is 24.3 Å². The number of hydrogen-bond acceptors (Lipinski definition) is 5. The summed E-state index contributed by atoms with van der Waals surface area (Å²) in [5, 5.41) is -0.0523. The van der Waals surface area contributed by atoms with Crippen molar-refractivity contribution < 1.29 is 22.7 Å². The van der Waals surface area contributed by atoms with Crippen molar-refractivity contribution in [1.29, 1.82) is 0 Å². The lowest BCUT2D eigenvalue weighted by atomic mass is 10.1. The number of hydrogen-bond donors (Lipinski definition) is 1. The van der Waals surface area contributed by atoms with Crippen molar-refractivity contribution in [3.8, 4) is 0 Å². The molecule has 2 aromatic rings. The van der Waals surface area contributed by atoms with Gasteiger partial charge in [-0.3, -0.25) is 0 Å². The second-order valence-electron chi connectivity index (χ2n) is 5.21. The average Bonchev–Trinajstić information content (AvgIpc) is 2.59. The lowest BCUT2D eigenvalue weighted by Crippen LogP contribution is -2.23. The van der Waals surface area contributed by atoms with Gasteiger partial charge in [0, 0.05) is 13.7 Å². The SMILES string of the molecule is COCc1cccc(CNS(=O)(=O)c2ccc(C(=O)OC)cc2Cl)c1. The highest BCUT2D eigenvalue weighted by molar-refractivity contribution is 7.89. The van der Waals surface area contributed by atoms with Gasteiger partial charge in [-0.2, -0.15) is 0 Å². The zero-order valence-electron chi connectivity index (χ0n) is 13.8. The topological polar surface area (TPSA) is 81.7 Å². The van der Waals surface area contributed by atoms with Crippen LogP contribution < -0.4 is 4.72 Å². The van der Waals surface area contributed by atoms with Crippen LogP contribution in [0.5, 0.6) is 0 Å². The van der Waals surface area contributed by atoms with Gasteiger partial charge in [0.25, 0.3) is 0 Å². The number of ether oxygens (including phenoxy) is 2. The van der Waals surface area contributed by atoms with Crippen LogP contribution in [0.1, 0.15) is 21.5 Å². The van der Waals surface area contributed by atoms with Crippen LogP contribution in [-0.4, -0.2) is 28.6 Å². The molecular weight excluding hydrogens is 366 g/mol. The summed E-state index contributed by atoms with van der Waals surface area (Å²) < 4.78 is 37.0. The van der Waals surface area contributed by atoms with E-state index in [-0.39, 0.29) is 22.0 Å². The van der Waals surface area contributed by atoms with E-state index in [0.29, 0.717) is 6.61 Å². The molecule has 0 unspecified atom stereocenters. The molecule has 0 spiro atoms. The summed E-state index contributed by atoms with van der Waals surface area (Å²) in [5.41, 5.74) is 1.92. The molecule has 134 valence electrons. The Morgan fingerprint density at radius 3 is 2.48 bits per heavy atom. The van der Waals surface area contributed by atoms with E-state index in [9.17, 15) is 13.2 Å². The van der Waals surface area contributed by atoms with Gasteiger partial charge in [0.05, 0.1) is 24.3 Å². The summed E-state index contributed by atoms with van der Waals surface area (Å²) in [6.45, 7) is 0.552. The first kappa shape index (κ1) is 19.4. The van der Waals surface area contributed by atoms with Gasteiger partial charge in [-0.05, 0) is 29.3 Å². The third-order valence-electron chi connectivity index (χ3n) is 3.41. The number of carbonyl (C=O) groups is 1. The summed E-state index contributed by atoms with van der Waals surface area (Å²) in [4.78, 5) is 11.4. The van der Waals surface area contributed by atoms with Crippen molar-refractivity contribution in [2.75, 3.05) is 14.2 Å². The summed E-state index contributed by atoms with van der Waals surface area (Å²) in [5.74, 6) is -0.589. The molecule has 0 aromatic heterocycles. The molecule has 1 N–H and O–H groups in total. The van der Waals surface area contributed by atoms with E-state index in [1.165, 1.54) is 25.3 Å². The maximum atomic E-state index is 12.5. The van der Waals surface area contributed by atoms with Crippen molar-refractivity contribution in [3.63, 3.8) is 0 Å². The fourth-order valence-electron chi connectivity index (χ4n) is 2.22. The number of methoxy groups -OCH3 is 2. The van der Waals surface area contributed by atoms with Gasteiger partial charge >= 0.3 is 5.97 Å². The monoisotopic (exact) mass is 383 g/mol. The van der Waals surface area contributed by atoms with Crippen LogP contribution >= 0.6 is 11.6 Å². The maximum absolute atomic E-state index is 12.5. The van der Waals surface area contributed by atoms with Gasteiger partial charge in [0.2, 0.25) is 10.0 Å². The Bertz CT molecular complexity index is 867. The summed E-state index contributed by atoms with van der Waals surface area (Å²) in [6, 6.07) is 11.3. The van der Waals surface area contributed by atoms with Gasteiger partial charge in [-0.1, -0.05) is 35.9 Å². The zero-order chi connectivity index (χ0) is 18.4. The van der Waals surface area contributed by atoms with Crippen molar-refractivity contribution in [1.82, 2.24) is 4.72 Å². The Kier molecular flexibility index (Phi) is 6.55. The Labute approximate surface area is 151 Å². The highest BCUT2D eigenvalue weighted by atomic mass is 35.5. The molecule has 0 aliphatic carbocycles. The van der Waals surface area contributed by atoms with Gasteiger partial charge in [0.15, 0.2) is 0 Å².